The molecule has 4 amide bonds. The number of nitrogen functional groups attached to an aromatic ring is 1. The molecule has 6 aromatic rings. The van der Waals surface area contributed by atoms with Crippen molar-refractivity contribution in [1.82, 2.24) is 29.7 Å². The molecule has 0 saturated heterocycles. The second-order valence-electron chi connectivity index (χ2n) is 12.2. The van der Waals surface area contributed by atoms with Crippen LogP contribution in [0.2, 0.25) is 0 Å². The summed E-state index contributed by atoms with van der Waals surface area (Å²) in [6.07, 6.45) is 3.44. The zero-order valence-electron chi connectivity index (χ0n) is 31.1. The smallest absolute Gasteiger partial charge is 0.307 e. The van der Waals surface area contributed by atoms with E-state index >= 15 is 0 Å². The Hall–Kier alpha value is -7.44. The van der Waals surface area contributed by atoms with Gasteiger partial charge in [0.2, 0.25) is 5.82 Å². The van der Waals surface area contributed by atoms with Gasteiger partial charge in [-0.25, -0.2) is 9.97 Å². The standard InChI is InChI=1S/C19H20N4O5.C18H19N5O5.CH4/c1-11-10-23(2)17(21-11)19(26)22-13-4-5-14-12(8-13)9-15(28-14)18(25)20-7-6-16(24)27-3;1-23-9-14(19)22-16(23)18(26)21-11-3-4-12-10(7-11)8-13(28-12)17(25)20-6-5-15(24)27-2;/h4-5,8-10H,6-7H2,1-3H3,(H,20,25)(H,22,26);3-4,7-9H,5-6,19H2,1-2H3,(H,20,25)(H,21,26);1H4. The van der Waals surface area contributed by atoms with Crippen LogP contribution >= 0.6 is 0 Å². The van der Waals surface area contributed by atoms with Crippen molar-refractivity contribution in [2.75, 3.05) is 43.7 Å². The highest BCUT2D eigenvalue weighted by Gasteiger charge is 2.18. The van der Waals surface area contributed by atoms with Crippen LogP contribution in [-0.2, 0) is 33.2 Å². The van der Waals surface area contributed by atoms with E-state index in [0.29, 0.717) is 39.1 Å². The van der Waals surface area contributed by atoms with Crippen molar-refractivity contribution in [1.29, 1.82) is 0 Å². The number of esters is 2. The van der Waals surface area contributed by atoms with Crippen LogP contribution in [0.4, 0.5) is 17.2 Å². The number of imidazole rings is 2. The van der Waals surface area contributed by atoms with E-state index in [1.807, 2.05) is 6.92 Å². The van der Waals surface area contributed by atoms with Crippen LogP contribution in [0.3, 0.4) is 0 Å². The van der Waals surface area contributed by atoms with Gasteiger partial charge in [0.1, 0.15) is 17.0 Å². The largest absolute Gasteiger partial charge is 0.469 e. The van der Waals surface area contributed by atoms with Gasteiger partial charge in [-0.05, 0) is 55.5 Å². The molecule has 0 aliphatic rings. The van der Waals surface area contributed by atoms with E-state index in [0.717, 1.165) is 5.69 Å². The first-order chi connectivity index (χ1) is 26.7. The lowest BCUT2D eigenvalue weighted by Crippen LogP contribution is -2.25. The minimum atomic E-state index is -0.450. The van der Waals surface area contributed by atoms with E-state index in [-0.39, 0.29) is 62.4 Å². The third-order valence-electron chi connectivity index (χ3n) is 7.98. The number of rotatable bonds is 12. The average Bonchev–Trinajstić information content (AvgIpc) is 3.95. The molecule has 2 aromatic carbocycles. The second-order valence-corrected chi connectivity index (χ2v) is 12.2. The van der Waals surface area contributed by atoms with Crippen LogP contribution in [0.25, 0.3) is 21.9 Å². The van der Waals surface area contributed by atoms with Crippen molar-refractivity contribution in [3.8, 4) is 0 Å². The van der Waals surface area contributed by atoms with Gasteiger partial charge in [-0.2, -0.15) is 0 Å². The van der Waals surface area contributed by atoms with Crippen molar-refractivity contribution in [3.63, 3.8) is 0 Å². The third kappa shape index (κ3) is 10.8. The maximum atomic E-state index is 12.4. The fraction of sp³-hybridized carbons (Fsp3) is 0.263. The number of nitrogens with one attached hydrogen (secondary N) is 4. The predicted molar refractivity (Wildman–Crippen MR) is 209 cm³/mol. The molecule has 0 radical (unpaired) electrons. The third-order valence-corrected chi connectivity index (χ3v) is 7.98. The summed E-state index contributed by atoms with van der Waals surface area (Å²) in [5, 5.41) is 12.0. The van der Waals surface area contributed by atoms with Crippen molar-refractivity contribution in [3.05, 3.63) is 89.8 Å². The van der Waals surface area contributed by atoms with E-state index in [1.165, 1.54) is 18.8 Å². The van der Waals surface area contributed by atoms with Gasteiger partial charge < -0.3 is 54.4 Å². The second kappa shape index (κ2) is 18.7. The number of ether oxygens (including phenoxy) is 2. The van der Waals surface area contributed by atoms with E-state index in [4.69, 9.17) is 14.6 Å². The molecule has 4 aromatic heterocycles. The molecule has 0 aliphatic heterocycles. The number of fused-ring (bicyclic) bond motifs is 2. The lowest BCUT2D eigenvalue weighted by Gasteiger charge is -2.04. The van der Waals surface area contributed by atoms with E-state index in [2.05, 4.69) is 40.7 Å². The molecule has 6 rings (SSSR count). The number of anilines is 3. The molecule has 0 bridgehead atoms. The number of aromatic nitrogens is 4. The summed E-state index contributed by atoms with van der Waals surface area (Å²) < 4.78 is 23.2. The summed E-state index contributed by atoms with van der Waals surface area (Å²) in [7, 11) is 5.99. The molecular formula is C38H43N9O10. The van der Waals surface area contributed by atoms with Gasteiger partial charge in [-0.3, -0.25) is 28.8 Å². The van der Waals surface area contributed by atoms with E-state index < -0.39 is 29.7 Å². The molecule has 0 atom stereocenters. The van der Waals surface area contributed by atoms with Crippen molar-refractivity contribution < 1.29 is 47.1 Å². The Morgan fingerprint density at radius 1 is 0.667 bits per heavy atom. The molecule has 57 heavy (non-hydrogen) atoms. The molecule has 0 unspecified atom stereocenters. The zero-order valence-corrected chi connectivity index (χ0v) is 31.1. The summed E-state index contributed by atoms with van der Waals surface area (Å²) in [6.45, 7) is 2.09. The number of furan rings is 2. The van der Waals surface area contributed by atoms with E-state index in [9.17, 15) is 28.8 Å². The number of methoxy groups -OCH3 is 2. The summed E-state index contributed by atoms with van der Waals surface area (Å²) in [4.78, 5) is 79.3. The molecule has 19 heteroatoms. The van der Waals surface area contributed by atoms with Gasteiger partial charge >= 0.3 is 11.9 Å². The number of carbonyl (C=O) groups excluding carboxylic acids is 6. The fourth-order valence-corrected chi connectivity index (χ4v) is 5.30. The zero-order chi connectivity index (χ0) is 40.5. The number of hydrogen-bond acceptors (Lipinski definition) is 13. The molecule has 0 fully saturated rings. The molecule has 6 N–H and O–H groups in total. The summed E-state index contributed by atoms with van der Waals surface area (Å²) in [5.41, 5.74) is 8.39. The lowest BCUT2D eigenvalue weighted by molar-refractivity contribution is -0.141. The minimum Gasteiger partial charge on any atom is -0.469 e. The van der Waals surface area contributed by atoms with Crippen LogP contribution in [-0.4, -0.2) is 82.0 Å². The molecule has 300 valence electrons. The molecule has 0 spiro atoms. The number of amides is 4. The molecule has 0 aliphatic carbocycles. The summed E-state index contributed by atoms with van der Waals surface area (Å²) in [6, 6.07) is 13.1. The van der Waals surface area contributed by atoms with Crippen LogP contribution in [0.15, 0.2) is 69.8 Å². The monoisotopic (exact) mass is 785 g/mol. The highest BCUT2D eigenvalue weighted by molar-refractivity contribution is 6.04. The maximum absolute atomic E-state index is 12.4. The van der Waals surface area contributed by atoms with Gasteiger partial charge in [0.05, 0.1) is 32.8 Å². The van der Waals surface area contributed by atoms with Crippen molar-refractivity contribution in [2.45, 2.75) is 27.2 Å². The first-order valence-electron chi connectivity index (χ1n) is 16.9. The van der Waals surface area contributed by atoms with Gasteiger partial charge in [0.25, 0.3) is 23.6 Å². The maximum Gasteiger partial charge on any atom is 0.307 e. The first-order valence-corrected chi connectivity index (χ1v) is 16.9. The van der Waals surface area contributed by atoms with Gasteiger partial charge in [-0.1, -0.05) is 7.43 Å². The Bertz CT molecular complexity index is 2270. The molecule has 19 nitrogen and oxygen atoms in total. The summed E-state index contributed by atoms with van der Waals surface area (Å²) >= 11 is 0. The predicted octanol–water partition coefficient (Wildman–Crippen LogP) is 3.95. The number of benzene rings is 2. The highest BCUT2D eigenvalue weighted by Crippen LogP contribution is 2.25. The van der Waals surface area contributed by atoms with Crippen LogP contribution in [0, 0.1) is 6.92 Å². The number of hydrogen-bond donors (Lipinski definition) is 5. The Morgan fingerprint density at radius 3 is 1.49 bits per heavy atom. The fourth-order valence-electron chi connectivity index (χ4n) is 5.30. The Kier molecular flexibility index (Phi) is 13.9. The van der Waals surface area contributed by atoms with Gasteiger partial charge in [-0.15, -0.1) is 0 Å². The quantitative estimate of drug-likeness (QED) is 0.110. The highest BCUT2D eigenvalue weighted by atomic mass is 16.5. The van der Waals surface area contributed by atoms with Gasteiger partial charge in [0.15, 0.2) is 17.3 Å². The number of nitrogens with zero attached hydrogens (tertiary/aromatic N) is 4. The SMILES string of the molecule is C.COC(=O)CCNC(=O)c1cc2cc(NC(=O)c3nc(C)cn3C)ccc2o1.COC(=O)CCNC(=O)c1cc2cc(NC(=O)c3nc(N)cn3C)ccc2o1. The van der Waals surface area contributed by atoms with E-state index in [1.54, 1.807) is 79.6 Å². The lowest BCUT2D eigenvalue weighted by atomic mass is 10.2. The first kappa shape index (κ1) is 42.3. The average molecular weight is 786 g/mol. The minimum absolute atomic E-state index is 0. The summed E-state index contributed by atoms with van der Waals surface area (Å²) in [5.74, 6) is -1.52. The number of nitrogens with two attached hydrogens (primary N) is 1. The Labute approximate surface area is 325 Å². The van der Waals surface area contributed by atoms with Crippen LogP contribution < -0.4 is 27.0 Å². The molecule has 0 saturated carbocycles. The molecule has 4 heterocycles. The van der Waals surface area contributed by atoms with Gasteiger partial charge in [0, 0.05) is 61.7 Å². The Balaban J connectivity index is 0.000000248. The van der Waals surface area contributed by atoms with Crippen LogP contribution in [0.1, 0.15) is 68.3 Å². The number of carbonyl (C=O) groups is 6. The van der Waals surface area contributed by atoms with Crippen LogP contribution in [0.5, 0.6) is 0 Å². The Morgan fingerprint density at radius 2 is 1.11 bits per heavy atom. The normalized spacial score (nSPS) is 10.5. The van der Waals surface area contributed by atoms with Crippen molar-refractivity contribution in [2.24, 2.45) is 14.1 Å². The number of aryl methyl sites for hydroxylation is 3. The van der Waals surface area contributed by atoms with Crippen molar-refractivity contribution >= 4 is 74.7 Å². The molecular weight excluding hydrogens is 742 g/mol. The topological polar surface area (TPSA) is 257 Å².